The minimum atomic E-state index is -0.0976. The molecular formula is C13H18N6O2. The van der Waals surface area contributed by atoms with Crippen LogP contribution in [0.4, 0.5) is 5.69 Å². The van der Waals surface area contributed by atoms with E-state index < -0.39 is 0 Å². The Kier molecular flexibility index (Phi) is 3.12. The number of nitrogens with zero attached hydrogens (tertiary/aromatic N) is 5. The Morgan fingerprint density at radius 1 is 1.43 bits per heavy atom. The maximum absolute atomic E-state index is 5.88. The van der Waals surface area contributed by atoms with E-state index in [1.807, 2.05) is 0 Å². The highest BCUT2D eigenvalue weighted by atomic mass is 16.5. The number of hydrogen-bond acceptors (Lipinski definition) is 7. The predicted octanol–water partition coefficient (Wildman–Crippen LogP) is 0.432. The smallest absolute Gasteiger partial charge is 0.248 e. The molecule has 2 saturated heterocycles. The summed E-state index contributed by atoms with van der Waals surface area (Å²) in [6, 6.07) is 0.569. The average molecular weight is 290 g/mol. The van der Waals surface area contributed by atoms with Crippen molar-refractivity contribution >= 4 is 5.69 Å². The number of nitrogens with two attached hydrogens (primary N) is 1. The number of aromatic nitrogens is 4. The molecule has 4 rings (SSSR count). The molecule has 0 amide bonds. The fourth-order valence-electron chi connectivity index (χ4n) is 3.04. The minimum absolute atomic E-state index is 0.0976. The van der Waals surface area contributed by atoms with Crippen LogP contribution in [0.3, 0.4) is 0 Å². The van der Waals surface area contributed by atoms with Gasteiger partial charge in [-0.3, -0.25) is 9.58 Å². The molecule has 0 spiro atoms. The molecule has 2 unspecified atom stereocenters. The zero-order chi connectivity index (χ0) is 14.2. The summed E-state index contributed by atoms with van der Waals surface area (Å²) in [5, 5.41) is 8.15. The number of rotatable bonds is 3. The summed E-state index contributed by atoms with van der Waals surface area (Å²) in [6.45, 7) is 3.16. The molecule has 2 aliphatic rings. The van der Waals surface area contributed by atoms with Crippen LogP contribution in [0.15, 0.2) is 16.9 Å². The van der Waals surface area contributed by atoms with Crippen LogP contribution in [0.25, 0.3) is 0 Å². The van der Waals surface area contributed by atoms with Gasteiger partial charge in [0.05, 0.1) is 18.5 Å². The normalized spacial score (nSPS) is 26.1. The summed E-state index contributed by atoms with van der Waals surface area (Å²) in [6.07, 6.45) is 5.70. The Morgan fingerprint density at radius 2 is 2.38 bits per heavy atom. The molecule has 2 aromatic heterocycles. The van der Waals surface area contributed by atoms with Crippen LogP contribution in [0.2, 0.25) is 0 Å². The molecule has 2 atom stereocenters. The summed E-state index contributed by atoms with van der Waals surface area (Å²) in [7, 11) is 0. The third-order valence-corrected chi connectivity index (χ3v) is 4.11. The first-order chi connectivity index (χ1) is 10.3. The third kappa shape index (κ3) is 2.52. The van der Waals surface area contributed by atoms with Crippen molar-refractivity contribution in [3.8, 4) is 0 Å². The van der Waals surface area contributed by atoms with Gasteiger partial charge in [-0.1, -0.05) is 5.16 Å². The number of hydrogen-bond donors (Lipinski definition) is 1. The van der Waals surface area contributed by atoms with Gasteiger partial charge in [-0.05, 0) is 19.4 Å². The lowest BCUT2D eigenvalue weighted by Gasteiger charge is -2.33. The number of ether oxygens (including phenoxy) is 1. The molecule has 0 bridgehead atoms. The van der Waals surface area contributed by atoms with Gasteiger partial charge >= 0.3 is 0 Å². The van der Waals surface area contributed by atoms with E-state index in [-0.39, 0.29) is 6.10 Å². The van der Waals surface area contributed by atoms with Gasteiger partial charge in [0, 0.05) is 18.8 Å². The lowest BCUT2D eigenvalue weighted by Crippen LogP contribution is -2.42. The zero-order valence-electron chi connectivity index (χ0n) is 11.7. The summed E-state index contributed by atoms with van der Waals surface area (Å²) in [4.78, 5) is 6.88. The standard InChI is InChI=1S/C13H18N6O2/c14-9-4-15-19(5-9)7-12-16-13(17-21-12)11-6-18-3-1-2-10(18)8-20-11/h4-5,10-11H,1-3,6-8,14H2. The van der Waals surface area contributed by atoms with Crippen LogP contribution in [-0.4, -0.2) is 50.6 Å². The van der Waals surface area contributed by atoms with Gasteiger partial charge in [-0.2, -0.15) is 10.1 Å². The van der Waals surface area contributed by atoms with Crippen molar-refractivity contribution in [3.63, 3.8) is 0 Å². The van der Waals surface area contributed by atoms with E-state index in [0.717, 1.165) is 19.7 Å². The molecule has 2 N–H and O–H groups in total. The van der Waals surface area contributed by atoms with E-state index >= 15 is 0 Å². The first-order valence-electron chi connectivity index (χ1n) is 7.24. The van der Waals surface area contributed by atoms with Crippen molar-refractivity contribution in [1.82, 2.24) is 24.8 Å². The highest BCUT2D eigenvalue weighted by Crippen LogP contribution is 2.28. The molecule has 2 aromatic rings. The lowest BCUT2D eigenvalue weighted by molar-refractivity contribution is -0.0548. The minimum Gasteiger partial charge on any atom is -0.396 e. The van der Waals surface area contributed by atoms with E-state index in [0.29, 0.717) is 30.0 Å². The quantitative estimate of drug-likeness (QED) is 0.875. The largest absolute Gasteiger partial charge is 0.396 e. The first kappa shape index (κ1) is 12.8. The first-order valence-corrected chi connectivity index (χ1v) is 7.24. The summed E-state index contributed by atoms with van der Waals surface area (Å²) >= 11 is 0. The Morgan fingerprint density at radius 3 is 3.24 bits per heavy atom. The number of morpholine rings is 1. The SMILES string of the molecule is Nc1cnn(Cc2nc(C3CN4CCCC4CO3)no2)c1. The molecule has 0 aromatic carbocycles. The molecule has 2 aliphatic heterocycles. The highest BCUT2D eigenvalue weighted by molar-refractivity contribution is 5.30. The molecule has 8 heteroatoms. The van der Waals surface area contributed by atoms with Crippen LogP contribution in [0.1, 0.15) is 30.7 Å². The summed E-state index contributed by atoms with van der Waals surface area (Å²) in [5.74, 6) is 1.13. The Hall–Kier alpha value is -1.93. The van der Waals surface area contributed by atoms with E-state index in [1.54, 1.807) is 17.1 Å². The molecule has 4 heterocycles. The second-order valence-electron chi connectivity index (χ2n) is 5.63. The van der Waals surface area contributed by atoms with Gasteiger partial charge < -0.3 is 15.0 Å². The molecule has 21 heavy (non-hydrogen) atoms. The van der Waals surface area contributed by atoms with Crippen LogP contribution in [0, 0.1) is 0 Å². The Balaban J connectivity index is 1.44. The van der Waals surface area contributed by atoms with Gasteiger partial charge in [0.1, 0.15) is 12.6 Å². The highest BCUT2D eigenvalue weighted by Gasteiger charge is 2.34. The third-order valence-electron chi connectivity index (χ3n) is 4.11. The van der Waals surface area contributed by atoms with Gasteiger partial charge in [0.25, 0.3) is 0 Å². The Bertz CT molecular complexity index is 624. The monoisotopic (exact) mass is 290 g/mol. The fourth-order valence-corrected chi connectivity index (χ4v) is 3.04. The molecular weight excluding hydrogens is 272 g/mol. The molecule has 0 aliphatic carbocycles. The zero-order valence-corrected chi connectivity index (χ0v) is 11.7. The van der Waals surface area contributed by atoms with Crippen molar-refractivity contribution in [2.45, 2.75) is 31.5 Å². The van der Waals surface area contributed by atoms with E-state index in [4.69, 9.17) is 15.0 Å². The number of anilines is 1. The van der Waals surface area contributed by atoms with Crippen molar-refractivity contribution in [1.29, 1.82) is 0 Å². The molecule has 0 radical (unpaired) electrons. The predicted molar refractivity (Wildman–Crippen MR) is 73.3 cm³/mol. The average Bonchev–Trinajstić information content (AvgIpc) is 3.19. The van der Waals surface area contributed by atoms with Crippen LogP contribution in [-0.2, 0) is 11.3 Å². The number of fused-ring (bicyclic) bond motifs is 1. The second-order valence-corrected chi connectivity index (χ2v) is 5.63. The second kappa shape index (κ2) is 5.12. The summed E-state index contributed by atoms with van der Waals surface area (Å²) in [5.41, 5.74) is 6.24. The molecule has 112 valence electrons. The topological polar surface area (TPSA) is 95.2 Å². The van der Waals surface area contributed by atoms with Gasteiger partial charge in [0.2, 0.25) is 11.7 Å². The molecule has 8 nitrogen and oxygen atoms in total. The van der Waals surface area contributed by atoms with Crippen molar-refractivity contribution in [3.05, 3.63) is 24.1 Å². The Labute approximate surface area is 121 Å². The van der Waals surface area contributed by atoms with Gasteiger partial charge in [-0.15, -0.1) is 0 Å². The van der Waals surface area contributed by atoms with Crippen LogP contribution < -0.4 is 5.73 Å². The van der Waals surface area contributed by atoms with Crippen LogP contribution in [0.5, 0.6) is 0 Å². The lowest BCUT2D eigenvalue weighted by atomic mass is 10.2. The van der Waals surface area contributed by atoms with Crippen LogP contribution >= 0.6 is 0 Å². The van der Waals surface area contributed by atoms with Gasteiger partial charge in [0.15, 0.2) is 0 Å². The van der Waals surface area contributed by atoms with Crippen molar-refractivity contribution in [2.75, 3.05) is 25.4 Å². The molecule has 0 saturated carbocycles. The summed E-state index contributed by atoms with van der Waals surface area (Å²) < 4.78 is 12.8. The fraction of sp³-hybridized carbons (Fsp3) is 0.615. The molecule has 2 fully saturated rings. The maximum atomic E-state index is 5.88. The van der Waals surface area contributed by atoms with E-state index in [9.17, 15) is 0 Å². The van der Waals surface area contributed by atoms with E-state index in [1.165, 1.54) is 12.8 Å². The van der Waals surface area contributed by atoms with E-state index in [2.05, 4.69) is 20.1 Å². The van der Waals surface area contributed by atoms with Crippen molar-refractivity contribution < 1.29 is 9.26 Å². The maximum Gasteiger partial charge on any atom is 0.248 e. The van der Waals surface area contributed by atoms with Crippen molar-refractivity contribution in [2.24, 2.45) is 0 Å². The number of nitrogen functional groups attached to an aromatic ring is 1. The van der Waals surface area contributed by atoms with Gasteiger partial charge in [-0.25, -0.2) is 0 Å².